The Morgan fingerprint density at radius 2 is 1.75 bits per heavy atom. The number of unbranched alkanes of at least 4 members (excludes halogenated alkanes) is 2. The third kappa shape index (κ3) is 6.48. The minimum Gasteiger partial charge on any atom is -0.355 e. The fourth-order valence-corrected chi connectivity index (χ4v) is 3.33. The topological polar surface area (TPSA) is 52.7 Å². The standard InChI is InChI=1S/C23H35N3O2/c1-4-5-9-14-24-21(27)23(2,3)22(28)26-18-16-25(17-19-26)15-10-13-20-11-7-6-8-12-20/h6-8,10-13H,4-5,9,14-19H2,1-3H3,(H,24,27)/b13-10+. The zero-order chi connectivity index (χ0) is 20.4. The lowest BCUT2D eigenvalue weighted by atomic mass is 9.90. The van der Waals surface area contributed by atoms with Crippen LogP contribution in [-0.4, -0.2) is 60.9 Å². The molecule has 1 aliphatic rings. The van der Waals surface area contributed by atoms with Gasteiger partial charge in [0.1, 0.15) is 5.41 Å². The van der Waals surface area contributed by atoms with Gasteiger partial charge in [-0.25, -0.2) is 0 Å². The maximum Gasteiger partial charge on any atom is 0.237 e. The van der Waals surface area contributed by atoms with E-state index in [4.69, 9.17) is 0 Å². The summed E-state index contributed by atoms with van der Waals surface area (Å²) in [5, 5.41) is 2.92. The number of rotatable bonds is 9. The molecule has 1 saturated heterocycles. The summed E-state index contributed by atoms with van der Waals surface area (Å²) in [5.41, 5.74) is 0.185. The first kappa shape index (κ1) is 22.2. The van der Waals surface area contributed by atoms with Crippen LogP contribution in [0.2, 0.25) is 0 Å². The van der Waals surface area contributed by atoms with E-state index in [0.717, 1.165) is 38.9 Å². The van der Waals surface area contributed by atoms with Gasteiger partial charge in [0.25, 0.3) is 0 Å². The molecule has 1 aromatic rings. The Kier molecular flexibility index (Phi) is 8.71. The molecule has 28 heavy (non-hydrogen) atoms. The smallest absolute Gasteiger partial charge is 0.237 e. The minimum absolute atomic E-state index is 0.0695. The first-order valence-electron chi connectivity index (χ1n) is 10.5. The Morgan fingerprint density at radius 1 is 1.07 bits per heavy atom. The zero-order valence-electron chi connectivity index (χ0n) is 17.6. The molecule has 154 valence electrons. The van der Waals surface area contributed by atoms with Gasteiger partial charge in [0.15, 0.2) is 0 Å². The number of carbonyl (C=O) groups excluding carboxylic acids is 2. The molecular formula is C23H35N3O2. The largest absolute Gasteiger partial charge is 0.355 e. The number of hydrogen-bond acceptors (Lipinski definition) is 3. The van der Waals surface area contributed by atoms with Crippen LogP contribution in [0.5, 0.6) is 0 Å². The molecule has 2 amide bonds. The van der Waals surface area contributed by atoms with E-state index in [1.807, 2.05) is 23.1 Å². The molecule has 5 nitrogen and oxygen atoms in total. The van der Waals surface area contributed by atoms with Gasteiger partial charge in [-0.2, -0.15) is 0 Å². The predicted molar refractivity (Wildman–Crippen MR) is 115 cm³/mol. The lowest BCUT2D eigenvalue weighted by Gasteiger charge is -2.37. The van der Waals surface area contributed by atoms with Crippen LogP contribution in [0.25, 0.3) is 6.08 Å². The lowest BCUT2D eigenvalue weighted by molar-refractivity contribution is -0.149. The Morgan fingerprint density at radius 3 is 2.39 bits per heavy atom. The fraction of sp³-hybridized carbons (Fsp3) is 0.565. The molecule has 0 bridgehead atoms. The molecule has 1 N–H and O–H groups in total. The summed E-state index contributed by atoms with van der Waals surface area (Å²) in [5.74, 6) is -0.234. The summed E-state index contributed by atoms with van der Waals surface area (Å²) in [6.07, 6.45) is 7.46. The van der Waals surface area contributed by atoms with Crippen LogP contribution >= 0.6 is 0 Å². The molecule has 1 heterocycles. The van der Waals surface area contributed by atoms with Crippen LogP contribution in [0.3, 0.4) is 0 Å². The van der Waals surface area contributed by atoms with Crippen molar-refractivity contribution in [3.63, 3.8) is 0 Å². The zero-order valence-corrected chi connectivity index (χ0v) is 17.6. The van der Waals surface area contributed by atoms with Gasteiger partial charge in [0, 0.05) is 39.3 Å². The van der Waals surface area contributed by atoms with Gasteiger partial charge in [-0.3, -0.25) is 14.5 Å². The highest BCUT2D eigenvalue weighted by Gasteiger charge is 2.39. The first-order valence-corrected chi connectivity index (χ1v) is 10.5. The van der Waals surface area contributed by atoms with Crippen LogP contribution < -0.4 is 5.32 Å². The van der Waals surface area contributed by atoms with Crippen molar-refractivity contribution in [2.24, 2.45) is 5.41 Å². The molecule has 0 unspecified atom stereocenters. The lowest BCUT2D eigenvalue weighted by Crippen LogP contribution is -2.55. The number of carbonyl (C=O) groups is 2. The molecule has 0 saturated carbocycles. The van der Waals surface area contributed by atoms with E-state index in [2.05, 4.69) is 41.4 Å². The molecule has 1 aromatic carbocycles. The number of benzene rings is 1. The van der Waals surface area contributed by atoms with Crippen molar-refractivity contribution >= 4 is 17.9 Å². The summed E-state index contributed by atoms with van der Waals surface area (Å²) in [7, 11) is 0. The number of nitrogens with zero attached hydrogens (tertiary/aromatic N) is 2. The number of nitrogens with one attached hydrogen (secondary N) is 1. The van der Waals surface area contributed by atoms with Gasteiger partial charge in [0.05, 0.1) is 0 Å². The van der Waals surface area contributed by atoms with E-state index >= 15 is 0 Å². The minimum atomic E-state index is -1.01. The van der Waals surface area contributed by atoms with Crippen LogP contribution in [-0.2, 0) is 9.59 Å². The Balaban J connectivity index is 1.77. The van der Waals surface area contributed by atoms with Gasteiger partial charge in [-0.1, -0.05) is 62.2 Å². The van der Waals surface area contributed by atoms with E-state index in [1.54, 1.807) is 13.8 Å². The predicted octanol–water partition coefficient (Wildman–Crippen LogP) is 3.18. The monoisotopic (exact) mass is 385 g/mol. The van der Waals surface area contributed by atoms with Crippen molar-refractivity contribution in [3.8, 4) is 0 Å². The number of amides is 2. The van der Waals surface area contributed by atoms with E-state index < -0.39 is 5.41 Å². The second kappa shape index (κ2) is 11.0. The maximum atomic E-state index is 12.9. The molecule has 0 radical (unpaired) electrons. The molecule has 5 heteroatoms. The van der Waals surface area contributed by atoms with Crippen molar-refractivity contribution in [3.05, 3.63) is 42.0 Å². The van der Waals surface area contributed by atoms with Crippen molar-refractivity contribution in [1.82, 2.24) is 15.1 Å². The summed E-state index contributed by atoms with van der Waals surface area (Å²) in [4.78, 5) is 29.5. The van der Waals surface area contributed by atoms with E-state index in [9.17, 15) is 9.59 Å². The SMILES string of the molecule is CCCCCNC(=O)C(C)(C)C(=O)N1CCN(C/C=C/c2ccccc2)CC1. The first-order chi connectivity index (χ1) is 13.4. The normalized spacial score (nSPS) is 15.8. The quantitative estimate of drug-likeness (QED) is 0.525. The average molecular weight is 386 g/mol. The maximum absolute atomic E-state index is 12.9. The Labute approximate surface area is 169 Å². The van der Waals surface area contributed by atoms with Gasteiger partial charge >= 0.3 is 0 Å². The van der Waals surface area contributed by atoms with E-state index in [0.29, 0.717) is 19.6 Å². The van der Waals surface area contributed by atoms with Gasteiger partial charge < -0.3 is 10.2 Å². The van der Waals surface area contributed by atoms with Gasteiger partial charge in [-0.15, -0.1) is 0 Å². The van der Waals surface area contributed by atoms with Crippen molar-refractivity contribution in [2.45, 2.75) is 40.0 Å². The highest BCUT2D eigenvalue weighted by atomic mass is 16.2. The molecule has 0 spiro atoms. The fourth-order valence-electron chi connectivity index (χ4n) is 3.33. The summed E-state index contributed by atoms with van der Waals surface area (Å²) >= 11 is 0. The number of piperazine rings is 1. The van der Waals surface area contributed by atoms with Crippen molar-refractivity contribution < 1.29 is 9.59 Å². The van der Waals surface area contributed by atoms with Crippen molar-refractivity contribution in [2.75, 3.05) is 39.3 Å². The van der Waals surface area contributed by atoms with Crippen molar-refractivity contribution in [1.29, 1.82) is 0 Å². The summed E-state index contributed by atoms with van der Waals surface area (Å²) in [6, 6.07) is 10.3. The third-order valence-corrected chi connectivity index (χ3v) is 5.30. The Hall–Kier alpha value is -2.14. The molecule has 0 atom stereocenters. The molecular weight excluding hydrogens is 350 g/mol. The summed E-state index contributed by atoms with van der Waals surface area (Å²) in [6.45, 7) is 10.1. The molecule has 0 aliphatic carbocycles. The number of hydrogen-bond donors (Lipinski definition) is 1. The Bertz CT molecular complexity index is 647. The molecule has 0 aromatic heterocycles. The van der Waals surface area contributed by atoms with Crippen LogP contribution in [0, 0.1) is 5.41 Å². The highest BCUT2D eigenvalue weighted by molar-refractivity contribution is 6.04. The second-order valence-corrected chi connectivity index (χ2v) is 7.99. The highest BCUT2D eigenvalue weighted by Crippen LogP contribution is 2.20. The van der Waals surface area contributed by atoms with Crippen LogP contribution in [0.15, 0.2) is 36.4 Å². The summed E-state index contributed by atoms with van der Waals surface area (Å²) < 4.78 is 0. The van der Waals surface area contributed by atoms with E-state index in [1.165, 1.54) is 5.56 Å². The average Bonchev–Trinajstić information content (AvgIpc) is 2.71. The van der Waals surface area contributed by atoms with Crippen LogP contribution in [0.4, 0.5) is 0 Å². The molecule has 1 fully saturated rings. The van der Waals surface area contributed by atoms with E-state index in [-0.39, 0.29) is 11.8 Å². The van der Waals surface area contributed by atoms with Gasteiger partial charge in [-0.05, 0) is 25.8 Å². The second-order valence-electron chi connectivity index (χ2n) is 7.99. The molecule has 1 aliphatic heterocycles. The molecule has 2 rings (SSSR count). The van der Waals surface area contributed by atoms with Crippen LogP contribution in [0.1, 0.15) is 45.6 Å². The third-order valence-electron chi connectivity index (χ3n) is 5.30. The van der Waals surface area contributed by atoms with Gasteiger partial charge in [0.2, 0.25) is 11.8 Å².